The number of nitrogens with zero attached hydrogens (tertiary/aromatic N) is 2. The summed E-state index contributed by atoms with van der Waals surface area (Å²) in [4.78, 5) is 16.6. The first-order valence-corrected chi connectivity index (χ1v) is 8.88. The summed E-state index contributed by atoms with van der Waals surface area (Å²) in [6.45, 7) is 5.93. The molecule has 128 valence electrons. The van der Waals surface area contributed by atoms with Crippen molar-refractivity contribution in [2.45, 2.75) is 26.2 Å². The third kappa shape index (κ3) is 5.00. The van der Waals surface area contributed by atoms with Gasteiger partial charge in [0.2, 0.25) is 0 Å². The highest BCUT2D eigenvalue weighted by Gasteiger charge is 2.22. The molecule has 0 atom stereocenters. The van der Waals surface area contributed by atoms with Crippen LogP contribution >= 0.6 is 23.2 Å². The molecular formula is C17H24Cl2N2O2. The lowest BCUT2D eigenvalue weighted by atomic mass is 10.1. The third-order valence-corrected chi connectivity index (χ3v) is 4.59. The van der Waals surface area contributed by atoms with Crippen LogP contribution in [-0.4, -0.2) is 55.5 Å². The number of ether oxygens (including phenoxy) is 1. The number of benzene rings is 1. The molecule has 1 aromatic rings. The Morgan fingerprint density at radius 1 is 1.13 bits per heavy atom. The summed E-state index contributed by atoms with van der Waals surface area (Å²) in [5.74, 6) is 0.443. The van der Waals surface area contributed by atoms with Crippen molar-refractivity contribution in [2.75, 3.05) is 39.8 Å². The molecule has 0 N–H and O–H groups in total. The Bertz CT molecular complexity index is 520. The molecule has 0 unspecified atom stereocenters. The van der Waals surface area contributed by atoms with Crippen LogP contribution in [0.3, 0.4) is 0 Å². The number of halogens is 2. The van der Waals surface area contributed by atoms with E-state index in [2.05, 4.69) is 18.9 Å². The second-order valence-electron chi connectivity index (χ2n) is 5.92. The maximum absolute atomic E-state index is 12.6. The predicted molar refractivity (Wildman–Crippen MR) is 94.9 cm³/mol. The monoisotopic (exact) mass is 358 g/mol. The van der Waals surface area contributed by atoms with Gasteiger partial charge in [-0.2, -0.15) is 0 Å². The third-order valence-electron chi connectivity index (χ3n) is 4.03. The van der Waals surface area contributed by atoms with Gasteiger partial charge < -0.3 is 14.5 Å². The van der Waals surface area contributed by atoms with E-state index in [9.17, 15) is 4.79 Å². The number of hydrogen-bond donors (Lipinski definition) is 0. The zero-order chi connectivity index (χ0) is 16.8. The predicted octanol–water partition coefficient (Wildman–Crippen LogP) is 3.95. The van der Waals surface area contributed by atoms with E-state index in [1.165, 1.54) is 0 Å². The van der Waals surface area contributed by atoms with Crippen LogP contribution in [0.2, 0.25) is 10.0 Å². The van der Waals surface area contributed by atoms with E-state index in [4.69, 9.17) is 27.9 Å². The summed E-state index contributed by atoms with van der Waals surface area (Å²) < 4.78 is 5.67. The van der Waals surface area contributed by atoms with Crippen molar-refractivity contribution in [2.24, 2.45) is 0 Å². The van der Waals surface area contributed by atoms with Crippen molar-refractivity contribution in [3.05, 3.63) is 27.7 Å². The van der Waals surface area contributed by atoms with E-state index in [0.29, 0.717) is 28.0 Å². The molecule has 1 saturated heterocycles. The van der Waals surface area contributed by atoms with Gasteiger partial charge in [-0.3, -0.25) is 4.79 Å². The van der Waals surface area contributed by atoms with Gasteiger partial charge in [-0.1, -0.05) is 43.0 Å². The highest BCUT2D eigenvalue weighted by atomic mass is 35.5. The topological polar surface area (TPSA) is 32.8 Å². The number of carbonyl (C=O) groups excluding carboxylic acids is 1. The zero-order valence-corrected chi connectivity index (χ0v) is 15.3. The van der Waals surface area contributed by atoms with E-state index in [1.54, 1.807) is 12.1 Å². The summed E-state index contributed by atoms with van der Waals surface area (Å²) in [5, 5.41) is 0.790. The van der Waals surface area contributed by atoms with Gasteiger partial charge in [0.1, 0.15) is 0 Å². The number of piperazine rings is 1. The highest BCUT2D eigenvalue weighted by molar-refractivity contribution is 6.37. The Morgan fingerprint density at radius 3 is 2.30 bits per heavy atom. The van der Waals surface area contributed by atoms with E-state index in [-0.39, 0.29) is 5.91 Å². The fourth-order valence-electron chi connectivity index (χ4n) is 2.54. The minimum Gasteiger partial charge on any atom is -0.490 e. The van der Waals surface area contributed by atoms with Gasteiger partial charge in [-0.15, -0.1) is 0 Å². The lowest BCUT2D eigenvalue weighted by molar-refractivity contribution is 0.0664. The largest absolute Gasteiger partial charge is 0.490 e. The molecule has 1 amide bonds. The Hall–Kier alpha value is -0.970. The van der Waals surface area contributed by atoms with Crippen molar-refractivity contribution in [3.8, 4) is 5.75 Å². The molecule has 1 heterocycles. The molecule has 1 aliphatic rings. The van der Waals surface area contributed by atoms with Gasteiger partial charge >= 0.3 is 0 Å². The molecule has 1 aromatic carbocycles. The van der Waals surface area contributed by atoms with Crippen molar-refractivity contribution in [1.29, 1.82) is 0 Å². The van der Waals surface area contributed by atoms with E-state index >= 15 is 0 Å². The molecule has 1 aliphatic heterocycles. The maximum atomic E-state index is 12.6. The normalized spacial score (nSPS) is 15.7. The van der Waals surface area contributed by atoms with Gasteiger partial charge in [0, 0.05) is 31.7 Å². The SMILES string of the molecule is CCCCCOc1c(Cl)cc(C(=O)N2CCN(C)CC2)cc1Cl. The van der Waals surface area contributed by atoms with E-state index in [0.717, 1.165) is 45.4 Å². The number of amides is 1. The standard InChI is InChI=1S/C17H24Cl2N2O2/c1-3-4-5-10-23-16-14(18)11-13(12-15(16)19)17(22)21-8-6-20(2)7-9-21/h11-12H,3-10H2,1-2H3. The van der Waals surface area contributed by atoms with Crippen molar-refractivity contribution < 1.29 is 9.53 Å². The summed E-state index contributed by atoms with van der Waals surface area (Å²) >= 11 is 12.5. The lowest BCUT2D eigenvalue weighted by Crippen LogP contribution is -2.47. The molecular weight excluding hydrogens is 335 g/mol. The molecule has 0 spiro atoms. The molecule has 0 bridgehead atoms. The second kappa shape index (κ2) is 8.76. The van der Waals surface area contributed by atoms with Crippen LogP contribution in [0.1, 0.15) is 36.5 Å². The van der Waals surface area contributed by atoms with Crippen LogP contribution in [0.25, 0.3) is 0 Å². The van der Waals surface area contributed by atoms with Crippen molar-refractivity contribution in [1.82, 2.24) is 9.80 Å². The average Bonchev–Trinajstić information content (AvgIpc) is 2.53. The average molecular weight is 359 g/mol. The van der Waals surface area contributed by atoms with Crippen LogP contribution in [0.15, 0.2) is 12.1 Å². The molecule has 2 rings (SSSR count). The van der Waals surface area contributed by atoms with Crippen LogP contribution in [0, 0.1) is 0 Å². The first-order chi connectivity index (χ1) is 11.0. The molecule has 0 radical (unpaired) electrons. The highest BCUT2D eigenvalue weighted by Crippen LogP contribution is 2.34. The Balaban J connectivity index is 2.04. The lowest BCUT2D eigenvalue weighted by Gasteiger charge is -2.32. The van der Waals surface area contributed by atoms with Crippen LogP contribution in [0.5, 0.6) is 5.75 Å². The molecule has 6 heteroatoms. The number of rotatable bonds is 6. The van der Waals surface area contributed by atoms with Gasteiger partial charge in [0.15, 0.2) is 5.75 Å². The molecule has 0 aliphatic carbocycles. The summed E-state index contributed by atoms with van der Waals surface area (Å²) in [6, 6.07) is 3.31. The van der Waals surface area contributed by atoms with Crippen LogP contribution < -0.4 is 4.74 Å². The Morgan fingerprint density at radius 2 is 1.74 bits per heavy atom. The minimum absolute atomic E-state index is 0.0283. The first kappa shape index (κ1) is 18.4. The minimum atomic E-state index is -0.0283. The number of unbranched alkanes of at least 4 members (excludes halogenated alkanes) is 2. The number of likely N-dealkylation sites (N-methyl/N-ethyl adjacent to an activating group) is 1. The second-order valence-corrected chi connectivity index (χ2v) is 6.73. The Labute approximate surface area is 148 Å². The fourth-order valence-corrected chi connectivity index (χ4v) is 3.14. The van der Waals surface area contributed by atoms with Gasteiger partial charge in [-0.25, -0.2) is 0 Å². The maximum Gasteiger partial charge on any atom is 0.254 e. The summed E-state index contributed by atoms with van der Waals surface area (Å²) in [5.41, 5.74) is 0.519. The molecule has 1 fully saturated rings. The van der Waals surface area contributed by atoms with Crippen LogP contribution in [-0.2, 0) is 0 Å². The van der Waals surface area contributed by atoms with Crippen molar-refractivity contribution in [3.63, 3.8) is 0 Å². The molecule has 0 saturated carbocycles. The van der Waals surface area contributed by atoms with Gasteiger partial charge in [0.25, 0.3) is 5.91 Å². The molecule has 4 nitrogen and oxygen atoms in total. The van der Waals surface area contributed by atoms with E-state index < -0.39 is 0 Å². The van der Waals surface area contributed by atoms with Crippen LogP contribution in [0.4, 0.5) is 0 Å². The van der Waals surface area contributed by atoms with Gasteiger partial charge in [-0.05, 0) is 25.6 Å². The Kier molecular flexibility index (Phi) is 7.00. The first-order valence-electron chi connectivity index (χ1n) is 8.12. The summed E-state index contributed by atoms with van der Waals surface area (Å²) in [6.07, 6.45) is 3.20. The quantitative estimate of drug-likeness (QED) is 0.721. The zero-order valence-electron chi connectivity index (χ0n) is 13.8. The smallest absolute Gasteiger partial charge is 0.254 e. The number of carbonyl (C=O) groups is 1. The molecule has 23 heavy (non-hydrogen) atoms. The molecule has 0 aromatic heterocycles. The van der Waals surface area contributed by atoms with Crippen molar-refractivity contribution >= 4 is 29.1 Å². The fraction of sp³-hybridized carbons (Fsp3) is 0.588. The van der Waals surface area contributed by atoms with E-state index in [1.807, 2.05) is 4.90 Å². The van der Waals surface area contributed by atoms with Gasteiger partial charge in [0.05, 0.1) is 16.7 Å². The number of hydrogen-bond acceptors (Lipinski definition) is 3. The summed E-state index contributed by atoms with van der Waals surface area (Å²) in [7, 11) is 2.06.